The molecule has 2 aromatic carbocycles. The highest BCUT2D eigenvalue weighted by molar-refractivity contribution is 6.04. The van der Waals surface area contributed by atoms with Gasteiger partial charge in [-0.15, -0.1) is 0 Å². The summed E-state index contributed by atoms with van der Waals surface area (Å²) >= 11 is 0. The van der Waals surface area contributed by atoms with Gasteiger partial charge in [-0.25, -0.2) is 5.01 Å². The van der Waals surface area contributed by atoms with Crippen molar-refractivity contribution in [3.63, 3.8) is 0 Å². The Morgan fingerprint density at radius 3 is 2.08 bits per heavy atom. The van der Waals surface area contributed by atoms with E-state index in [0.29, 0.717) is 12.8 Å². The number of carbonyl (C=O) groups is 1. The van der Waals surface area contributed by atoms with Crippen LogP contribution >= 0.6 is 0 Å². The van der Waals surface area contributed by atoms with E-state index in [1.165, 1.54) is 0 Å². The third kappa shape index (κ3) is 3.16. The van der Waals surface area contributed by atoms with Crippen molar-refractivity contribution in [1.29, 1.82) is 0 Å². The number of aryl methyl sites for hydroxylation is 1. The first-order valence-corrected chi connectivity index (χ1v) is 8.71. The molecule has 0 bridgehead atoms. The normalized spacial score (nSPS) is 14.6. The number of nitrogens with zero attached hydrogens (tertiary/aromatic N) is 4. The van der Waals surface area contributed by atoms with Gasteiger partial charge in [0.2, 0.25) is 5.91 Å². The second kappa shape index (κ2) is 6.96. The van der Waals surface area contributed by atoms with Crippen molar-refractivity contribution in [3.05, 3.63) is 89.7 Å². The van der Waals surface area contributed by atoms with Gasteiger partial charge in [0.15, 0.2) is 0 Å². The van der Waals surface area contributed by atoms with Crippen LogP contribution in [0.2, 0.25) is 0 Å². The van der Waals surface area contributed by atoms with Gasteiger partial charge in [0.05, 0.1) is 11.9 Å². The molecule has 0 saturated carbocycles. The Morgan fingerprint density at radius 2 is 1.54 bits per heavy atom. The van der Waals surface area contributed by atoms with Crippen LogP contribution in [0.5, 0.6) is 0 Å². The average molecular weight is 344 g/mol. The van der Waals surface area contributed by atoms with Gasteiger partial charge in [-0.05, 0) is 11.1 Å². The van der Waals surface area contributed by atoms with Crippen LogP contribution in [0.15, 0.2) is 78.2 Å². The molecule has 1 aromatic heterocycles. The molecule has 0 radical (unpaired) electrons. The molecule has 5 heteroatoms. The third-order valence-electron chi connectivity index (χ3n) is 4.57. The highest BCUT2D eigenvalue weighted by Gasteiger charge is 2.30. The van der Waals surface area contributed by atoms with Gasteiger partial charge >= 0.3 is 0 Å². The molecule has 0 unspecified atom stereocenters. The second-order valence-electron chi connectivity index (χ2n) is 6.41. The predicted molar refractivity (Wildman–Crippen MR) is 101 cm³/mol. The molecule has 0 saturated heterocycles. The Hall–Kier alpha value is -3.21. The minimum Gasteiger partial charge on any atom is -0.275 e. The lowest BCUT2D eigenvalue weighted by Gasteiger charge is -2.31. The van der Waals surface area contributed by atoms with Gasteiger partial charge in [-0.1, -0.05) is 60.7 Å². The molecule has 1 amide bonds. The Kier molecular flexibility index (Phi) is 4.35. The van der Waals surface area contributed by atoms with E-state index in [4.69, 9.17) is 5.10 Å². The smallest absolute Gasteiger partial charge is 0.243 e. The van der Waals surface area contributed by atoms with Gasteiger partial charge in [-0.3, -0.25) is 9.48 Å². The van der Waals surface area contributed by atoms with E-state index >= 15 is 0 Å². The van der Waals surface area contributed by atoms with Crippen molar-refractivity contribution in [2.24, 2.45) is 12.1 Å². The van der Waals surface area contributed by atoms with Crippen molar-refractivity contribution < 1.29 is 4.79 Å². The van der Waals surface area contributed by atoms with E-state index in [2.05, 4.69) is 5.10 Å². The van der Waals surface area contributed by atoms with Crippen LogP contribution in [0.4, 0.5) is 0 Å². The first-order chi connectivity index (χ1) is 12.7. The maximum Gasteiger partial charge on any atom is 0.243 e. The van der Waals surface area contributed by atoms with E-state index < -0.39 is 0 Å². The summed E-state index contributed by atoms with van der Waals surface area (Å²) in [5.41, 5.74) is 3.95. The Balaban J connectivity index is 1.80. The monoisotopic (exact) mass is 344 g/mol. The molecule has 0 atom stereocenters. The lowest BCUT2D eigenvalue weighted by atomic mass is 9.97. The zero-order valence-corrected chi connectivity index (χ0v) is 14.6. The molecular formula is C21H20N4O. The van der Waals surface area contributed by atoms with E-state index in [9.17, 15) is 4.79 Å². The van der Waals surface area contributed by atoms with Gasteiger partial charge in [0.25, 0.3) is 0 Å². The van der Waals surface area contributed by atoms with Crippen molar-refractivity contribution in [2.75, 3.05) is 0 Å². The van der Waals surface area contributed by atoms with Crippen molar-refractivity contribution in [2.45, 2.75) is 18.9 Å². The van der Waals surface area contributed by atoms with Crippen LogP contribution in [0.3, 0.4) is 0 Å². The molecular weight excluding hydrogens is 324 g/mol. The maximum atomic E-state index is 12.8. The number of hydrazone groups is 1. The highest BCUT2D eigenvalue weighted by atomic mass is 16.2. The molecule has 3 aromatic rings. The molecule has 0 spiro atoms. The molecule has 4 rings (SSSR count). The molecule has 0 aliphatic carbocycles. The summed E-state index contributed by atoms with van der Waals surface area (Å²) in [4.78, 5) is 12.8. The molecule has 1 aliphatic rings. The van der Waals surface area contributed by atoms with Crippen molar-refractivity contribution >= 4 is 11.6 Å². The lowest BCUT2D eigenvalue weighted by Crippen LogP contribution is -2.35. The molecule has 0 fully saturated rings. The Bertz CT molecular complexity index is 891. The second-order valence-corrected chi connectivity index (χ2v) is 6.41. The minimum atomic E-state index is -0.239. The van der Waals surface area contributed by atoms with Crippen LogP contribution in [0.25, 0.3) is 0 Å². The third-order valence-corrected chi connectivity index (χ3v) is 4.57. The van der Waals surface area contributed by atoms with Gasteiger partial charge < -0.3 is 0 Å². The number of hydrogen-bond acceptors (Lipinski definition) is 3. The fraction of sp³-hybridized carbons (Fsp3) is 0.190. The van der Waals surface area contributed by atoms with Crippen molar-refractivity contribution in [1.82, 2.24) is 14.8 Å². The van der Waals surface area contributed by atoms with Gasteiger partial charge in [0, 0.05) is 31.6 Å². The zero-order chi connectivity index (χ0) is 17.9. The number of benzene rings is 2. The first-order valence-electron chi connectivity index (χ1n) is 8.71. The van der Waals surface area contributed by atoms with E-state index in [1.54, 1.807) is 15.9 Å². The van der Waals surface area contributed by atoms with Crippen LogP contribution in [0, 0.1) is 0 Å². The summed E-state index contributed by atoms with van der Waals surface area (Å²) in [6.07, 6.45) is 4.82. The fourth-order valence-electron chi connectivity index (χ4n) is 3.30. The fourth-order valence-corrected chi connectivity index (χ4v) is 3.30. The SMILES string of the molecule is Cn1cc(C2=NN(C(c3ccccc3)c3ccccc3)C(=O)CC2)cn1. The topological polar surface area (TPSA) is 50.5 Å². The number of rotatable bonds is 4. The van der Waals surface area contributed by atoms with Crippen LogP contribution in [0.1, 0.15) is 35.6 Å². The summed E-state index contributed by atoms with van der Waals surface area (Å²) < 4.78 is 1.75. The molecule has 130 valence electrons. The van der Waals surface area contributed by atoms with Crippen molar-refractivity contribution in [3.8, 4) is 0 Å². The summed E-state index contributed by atoms with van der Waals surface area (Å²) in [5.74, 6) is 0.0374. The van der Waals surface area contributed by atoms with Crippen LogP contribution in [-0.4, -0.2) is 26.4 Å². The molecule has 5 nitrogen and oxygen atoms in total. The Morgan fingerprint density at radius 1 is 0.923 bits per heavy atom. The maximum absolute atomic E-state index is 12.8. The van der Waals surface area contributed by atoms with E-state index in [1.807, 2.05) is 73.9 Å². The minimum absolute atomic E-state index is 0.0374. The number of hydrogen-bond donors (Lipinski definition) is 0. The quantitative estimate of drug-likeness (QED) is 0.727. The molecule has 26 heavy (non-hydrogen) atoms. The first kappa shape index (κ1) is 16.3. The number of amides is 1. The standard InChI is InChI=1S/C21H20N4O/c1-24-15-18(14-22-24)19-12-13-20(26)25(23-19)21(16-8-4-2-5-9-16)17-10-6-3-7-11-17/h2-11,14-15,21H,12-13H2,1H3. The predicted octanol–water partition coefficient (Wildman–Crippen LogP) is 3.54. The lowest BCUT2D eigenvalue weighted by molar-refractivity contribution is -0.133. The summed E-state index contributed by atoms with van der Waals surface area (Å²) in [7, 11) is 1.88. The summed E-state index contributed by atoms with van der Waals surface area (Å²) in [5, 5.41) is 10.6. The largest absolute Gasteiger partial charge is 0.275 e. The van der Waals surface area contributed by atoms with Gasteiger partial charge in [0.1, 0.15) is 6.04 Å². The average Bonchev–Trinajstić information content (AvgIpc) is 3.12. The summed E-state index contributed by atoms with van der Waals surface area (Å²) in [6.45, 7) is 0. The van der Waals surface area contributed by atoms with E-state index in [0.717, 1.165) is 22.4 Å². The molecule has 0 N–H and O–H groups in total. The van der Waals surface area contributed by atoms with Crippen LogP contribution < -0.4 is 0 Å². The van der Waals surface area contributed by atoms with Crippen LogP contribution in [-0.2, 0) is 11.8 Å². The molecule has 1 aliphatic heterocycles. The summed E-state index contributed by atoms with van der Waals surface area (Å²) in [6, 6.07) is 19.8. The van der Waals surface area contributed by atoms with E-state index in [-0.39, 0.29) is 11.9 Å². The Labute approximate surface area is 152 Å². The molecule has 2 heterocycles. The number of carbonyl (C=O) groups excluding carboxylic acids is 1. The number of aromatic nitrogens is 2. The zero-order valence-electron chi connectivity index (χ0n) is 14.6. The van der Waals surface area contributed by atoms with Gasteiger partial charge in [-0.2, -0.15) is 10.2 Å². The highest BCUT2D eigenvalue weighted by Crippen LogP contribution is 2.32.